The van der Waals surface area contributed by atoms with Gasteiger partial charge in [-0.3, -0.25) is 14.9 Å². The number of amides is 1. The third-order valence-electron chi connectivity index (χ3n) is 4.76. The molecule has 1 atom stereocenters. The summed E-state index contributed by atoms with van der Waals surface area (Å²) in [5, 5.41) is 11.0. The van der Waals surface area contributed by atoms with Gasteiger partial charge in [0, 0.05) is 25.1 Å². The molecule has 1 amide bonds. The summed E-state index contributed by atoms with van der Waals surface area (Å²) in [5.74, 6) is -0.482. The smallest absolute Gasteiger partial charge is 0.312 e. The first kappa shape index (κ1) is 18.9. The molecular weight excluding hydrogens is 361 g/mol. The Hall–Kier alpha value is -2.90. The van der Waals surface area contributed by atoms with Gasteiger partial charge < -0.3 is 4.90 Å². The molecule has 0 aliphatic carbocycles. The standard InChI is InChI=1S/C19H17F3N2O3/c1-12(13-2-5-15(6-3-13)19(20,21)22)10-18(25)23-9-8-14-4-7-16(24(26)27)11-17(14)23/h2-7,11-12H,8-10H2,1H3. The Bertz CT molecular complexity index is 879. The van der Waals surface area contributed by atoms with Crippen LogP contribution in [0.2, 0.25) is 0 Å². The van der Waals surface area contributed by atoms with Crippen molar-refractivity contribution >= 4 is 17.3 Å². The monoisotopic (exact) mass is 378 g/mol. The fraction of sp³-hybridized carbons (Fsp3) is 0.316. The predicted octanol–water partition coefficient (Wildman–Crippen LogP) is 4.70. The number of fused-ring (bicyclic) bond motifs is 1. The summed E-state index contributed by atoms with van der Waals surface area (Å²) in [4.78, 5) is 24.6. The number of hydrogen-bond donors (Lipinski definition) is 0. The molecule has 0 saturated heterocycles. The number of hydrogen-bond acceptors (Lipinski definition) is 3. The lowest BCUT2D eigenvalue weighted by Crippen LogP contribution is -2.29. The molecule has 0 N–H and O–H groups in total. The lowest BCUT2D eigenvalue weighted by Gasteiger charge is -2.20. The van der Waals surface area contributed by atoms with E-state index in [1.807, 2.05) is 0 Å². The summed E-state index contributed by atoms with van der Waals surface area (Å²) < 4.78 is 38.0. The number of nitro groups is 1. The molecule has 1 unspecified atom stereocenters. The normalized spacial score (nSPS) is 14.7. The average molecular weight is 378 g/mol. The number of nitro benzene ring substituents is 1. The molecule has 142 valence electrons. The fourth-order valence-corrected chi connectivity index (χ4v) is 3.23. The van der Waals surface area contributed by atoms with E-state index in [1.54, 1.807) is 13.0 Å². The molecule has 0 fully saturated rings. The number of anilines is 1. The highest BCUT2D eigenvalue weighted by atomic mass is 19.4. The second kappa shape index (κ2) is 7.02. The van der Waals surface area contributed by atoms with Gasteiger partial charge in [0.15, 0.2) is 0 Å². The van der Waals surface area contributed by atoms with Crippen molar-refractivity contribution in [2.24, 2.45) is 0 Å². The lowest BCUT2D eigenvalue weighted by molar-refractivity contribution is -0.384. The molecule has 0 aromatic heterocycles. The molecule has 0 bridgehead atoms. The van der Waals surface area contributed by atoms with Crippen molar-refractivity contribution in [2.45, 2.75) is 31.9 Å². The summed E-state index contributed by atoms with van der Waals surface area (Å²) in [6.45, 7) is 2.21. The summed E-state index contributed by atoms with van der Waals surface area (Å²) in [6, 6.07) is 9.23. The summed E-state index contributed by atoms with van der Waals surface area (Å²) in [6.07, 6.45) is -3.67. The van der Waals surface area contributed by atoms with Crippen LogP contribution < -0.4 is 4.90 Å². The Kier molecular flexibility index (Phi) is 4.91. The van der Waals surface area contributed by atoms with Crippen LogP contribution >= 0.6 is 0 Å². The number of alkyl halides is 3. The molecule has 1 aliphatic rings. The zero-order valence-electron chi connectivity index (χ0n) is 14.5. The van der Waals surface area contributed by atoms with Crippen molar-refractivity contribution in [3.05, 3.63) is 69.3 Å². The topological polar surface area (TPSA) is 63.5 Å². The van der Waals surface area contributed by atoms with E-state index in [0.29, 0.717) is 24.2 Å². The van der Waals surface area contributed by atoms with Crippen molar-refractivity contribution in [1.29, 1.82) is 0 Å². The zero-order chi connectivity index (χ0) is 19.8. The van der Waals surface area contributed by atoms with Crippen LogP contribution in [0.25, 0.3) is 0 Å². The first-order valence-electron chi connectivity index (χ1n) is 8.41. The minimum absolute atomic E-state index is 0.0794. The molecule has 2 aromatic carbocycles. The van der Waals surface area contributed by atoms with Crippen molar-refractivity contribution in [2.75, 3.05) is 11.4 Å². The lowest BCUT2D eigenvalue weighted by atomic mass is 9.96. The molecule has 3 rings (SSSR count). The molecule has 1 aliphatic heterocycles. The minimum Gasteiger partial charge on any atom is -0.312 e. The third kappa shape index (κ3) is 3.94. The Morgan fingerprint density at radius 2 is 1.89 bits per heavy atom. The van der Waals surface area contributed by atoms with Gasteiger partial charge in [-0.15, -0.1) is 0 Å². The van der Waals surface area contributed by atoms with Gasteiger partial charge in [-0.1, -0.05) is 25.1 Å². The van der Waals surface area contributed by atoms with Crippen LogP contribution in [-0.4, -0.2) is 17.4 Å². The van der Waals surface area contributed by atoms with E-state index in [9.17, 15) is 28.1 Å². The number of benzene rings is 2. The summed E-state index contributed by atoms with van der Waals surface area (Å²) in [7, 11) is 0. The Labute approximate surface area is 153 Å². The number of non-ortho nitro benzene ring substituents is 1. The Balaban J connectivity index is 1.73. The zero-order valence-corrected chi connectivity index (χ0v) is 14.5. The number of carbonyl (C=O) groups is 1. The van der Waals surface area contributed by atoms with Gasteiger partial charge in [-0.2, -0.15) is 13.2 Å². The quantitative estimate of drug-likeness (QED) is 0.572. The molecular formula is C19H17F3N2O3. The first-order valence-corrected chi connectivity index (χ1v) is 8.41. The number of rotatable bonds is 4. The van der Waals surface area contributed by atoms with Crippen LogP contribution in [0.1, 0.15) is 36.0 Å². The van der Waals surface area contributed by atoms with E-state index in [0.717, 1.165) is 17.7 Å². The van der Waals surface area contributed by atoms with Crippen LogP contribution in [0.4, 0.5) is 24.5 Å². The summed E-state index contributed by atoms with van der Waals surface area (Å²) in [5.41, 5.74) is 1.23. The van der Waals surface area contributed by atoms with Crippen molar-refractivity contribution in [3.8, 4) is 0 Å². The maximum Gasteiger partial charge on any atom is 0.416 e. The van der Waals surface area contributed by atoms with E-state index in [4.69, 9.17) is 0 Å². The molecule has 2 aromatic rings. The molecule has 0 radical (unpaired) electrons. The molecule has 8 heteroatoms. The van der Waals surface area contributed by atoms with Crippen molar-refractivity contribution < 1.29 is 22.9 Å². The van der Waals surface area contributed by atoms with E-state index in [2.05, 4.69) is 0 Å². The van der Waals surface area contributed by atoms with Crippen LogP contribution in [0.3, 0.4) is 0 Å². The van der Waals surface area contributed by atoms with Crippen LogP contribution in [0.5, 0.6) is 0 Å². The van der Waals surface area contributed by atoms with Gasteiger partial charge in [-0.25, -0.2) is 0 Å². The molecule has 27 heavy (non-hydrogen) atoms. The number of carbonyl (C=O) groups excluding carboxylic acids is 1. The average Bonchev–Trinajstić information content (AvgIpc) is 3.04. The van der Waals surface area contributed by atoms with E-state index >= 15 is 0 Å². The SMILES string of the molecule is CC(CC(=O)N1CCc2ccc([N+](=O)[O-])cc21)c1ccc(C(F)(F)F)cc1. The second-order valence-electron chi connectivity index (χ2n) is 6.59. The molecule has 5 nitrogen and oxygen atoms in total. The van der Waals surface area contributed by atoms with E-state index < -0.39 is 16.7 Å². The highest BCUT2D eigenvalue weighted by Gasteiger charge is 2.31. The van der Waals surface area contributed by atoms with Crippen LogP contribution in [-0.2, 0) is 17.4 Å². The van der Waals surface area contributed by atoms with Gasteiger partial charge in [0.05, 0.1) is 16.2 Å². The molecule has 1 heterocycles. The van der Waals surface area contributed by atoms with Crippen molar-refractivity contribution in [3.63, 3.8) is 0 Å². The highest BCUT2D eigenvalue weighted by Crippen LogP contribution is 2.34. The fourth-order valence-electron chi connectivity index (χ4n) is 3.23. The van der Waals surface area contributed by atoms with E-state index in [-0.39, 0.29) is 23.9 Å². The van der Waals surface area contributed by atoms with Crippen molar-refractivity contribution in [1.82, 2.24) is 0 Å². The van der Waals surface area contributed by atoms with Gasteiger partial charge in [0.25, 0.3) is 5.69 Å². The Morgan fingerprint density at radius 1 is 1.22 bits per heavy atom. The minimum atomic E-state index is -4.40. The number of halogens is 3. The Morgan fingerprint density at radius 3 is 2.48 bits per heavy atom. The predicted molar refractivity (Wildman–Crippen MR) is 93.6 cm³/mol. The van der Waals surface area contributed by atoms with Crippen LogP contribution in [0, 0.1) is 10.1 Å². The second-order valence-corrected chi connectivity index (χ2v) is 6.59. The maximum atomic E-state index is 12.7. The van der Waals surface area contributed by atoms with Gasteiger partial charge in [0.2, 0.25) is 5.91 Å². The highest BCUT2D eigenvalue weighted by molar-refractivity contribution is 5.96. The largest absolute Gasteiger partial charge is 0.416 e. The van der Waals surface area contributed by atoms with Gasteiger partial charge in [0.1, 0.15) is 0 Å². The van der Waals surface area contributed by atoms with Gasteiger partial charge >= 0.3 is 6.18 Å². The first-order chi connectivity index (χ1) is 12.7. The summed E-state index contributed by atoms with van der Waals surface area (Å²) >= 11 is 0. The molecule has 0 spiro atoms. The number of nitrogens with zero attached hydrogens (tertiary/aromatic N) is 2. The van der Waals surface area contributed by atoms with E-state index in [1.165, 1.54) is 29.2 Å². The van der Waals surface area contributed by atoms with Gasteiger partial charge in [-0.05, 0) is 35.6 Å². The molecule has 0 saturated carbocycles. The third-order valence-corrected chi connectivity index (χ3v) is 4.76. The maximum absolute atomic E-state index is 12.7. The van der Waals surface area contributed by atoms with Crippen LogP contribution in [0.15, 0.2) is 42.5 Å².